The molecule has 9 aromatic rings. The number of thiazole rings is 5. The van der Waals surface area contributed by atoms with Gasteiger partial charge in [0.05, 0.1) is 52.7 Å². The molecule has 2 aliphatic rings. The quantitative estimate of drug-likeness (QED) is 0.0172. The molecule has 11 rings (SSSR count). The maximum Gasteiger partial charge on any atom is 1.00 e. The third-order valence-electron chi connectivity index (χ3n) is 11.7. The van der Waals surface area contributed by atoms with Gasteiger partial charge in [0.1, 0.15) is 78.0 Å². The molecule has 1 radical (unpaired) electrons. The van der Waals surface area contributed by atoms with Crippen LogP contribution in [0.15, 0.2) is 104 Å². The van der Waals surface area contributed by atoms with E-state index in [2.05, 4.69) is 116 Å². The van der Waals surface area contributed by atoms with Crippen LogP contribution in [0.3, 0.4) is 0 Å². The van der Waals surface area contributed by atoms with Crippen molar-refractivity contribution < 1.29 is 60.2 Å². The maximum atomic E-state index is 11.7. The number of aliphatic hydroxyl groups excluding tert-OH is 1. The van der Waals surface area contributed by atoms with Crippen LogP contribution in [0, 0.1) is 56.7 Å². The predicted molar refractivity (Wildman–Crippen MR) is 390 cm³/mol. The van der Waals surface area contributed by atoms with Crippen molar-refractivity contribution in [3.8, 4) is 30.3 Å². The van der Waals surface area contributed by atoms with Gasteiger partial charge < -0.3 is 47.1 Å². The zero-order valence-electron chi connectivity index (χ0n) is 55.4. The molecule has 2 aliphatic heterocycles. The minimum absolute atomic E-state index is 0. The first-order valence-electron chi connectivity index (χ1n) is 28.9. The van der Waals surface area contributed by atoms with Crippen LogP contribution in [0.2, 0.25) is 4.47 Å². The molecule has 2 fully saturated rings. The van der Waals surface area contributed by atoms with E-state index in [1.54, 1.807) is 52.9 Å². The Bertz CT molecular complexity index is 4160. The van der Waals surface area contributed by atoms with Crippen LogP contribution in [0.5, 0.6) is 0 Å². The standard InChI is InChI=1S/C16H18N6OS.C10H8BN4OS2.C10H7ClN4S.C10H8N4OS.C6H12N2O.C4HClN2S.CH3F.Cl3OP.Na.H/c1-21-6-7-22(5-3-15(21)23)11-12-2-4-18-14(8-12)20-16-19-10-13(9-17)24-16;11-18-16-6-7-1-2-13-9(3-7)15-10-14-5-8(4-12)17-10;11-4-7-1-2-13-9(3-7)15-10-14-6-8(5-12)16-10;11-4-8-5-13-10(16-8)14-9-3-7(6-15)1-2-12-9;1-8-5-4-7-3-2-6(8)9;5-4-7-2-3(1-6)8-4;1-2;1-5(2,3)4;;/h2,4,8,10H,3,5-7,11H2,1H3,(H,18,19,20);1-3,5,11H,6H2,(H,13,14,15);1-3,6H,4H2,(H,13,14,15);1-3,5,15H,6H2,(H,12,13,14);7H,2-5H2,1H3;2H;1H3;;;/q;;;;;;;;+1;-1/i;11T;;;;;1D;;;. The van der Waals surface area contributed by atoms with Crippen LogP contribution >= 0.6 is 131 Å². The van der Waals surface area contributed by atoms with Gasteiger partial charge in [0.25, 0.3) is 0 Å². The molecule has 27 nitrogen and oxygen atoms in total. The number of anilines is 8. The number of pyridine rings is 4. The van der Waals surface area contributed by atoms with Crippen molar-refractivity contribution in [2.75, 3.05) is 81.8 Å². The maximum absolute atomic E-state index is 11.7. The molecule has 513 valence electrons. The number of likely N-dealkylation sites (N-methyl/N-ethyl adjacent to an activating group) is 2. The van der Waals surface area contributed by atoms with Crippen molar-refractivity contribution >= 4 is 193 Å². The summed E-state index contributed by atoms with van der Waals surface area (Å²) in [5, 5.41) is 66.6. The monoisotopic (exact) mass is 1580 g/mol. The molecule has 2 amide bonds. The molecule has 42 heteroatoms. The summed E-state index contributed by atoms with van der Waals surface area (Å²) in [5.74, 6) is 3.52. The summed E-state index contributed by atoms with van der Waals surface area (Å²) in [6, 6.07) is 24.8. The van der Waals surface area contributed by atoms with Crippen LogP contribution in [0.4, 0.5) is 48.2 Å². The first kappa shape index (κ1) is 82.9. The van der Waals surface area contributed by atoms with Crippen LogP contribution in [0.25, 0.3) is 0 Å². The molecule has 0 saturated carbocycles. The number of halogens is 6. The van der Waals surface area contributed by atoms with E-state index in [9.17, 15) is 18.5 Å². The number of alkyl halides is 2. The fourth-order valence-electron chi connectivity index (χ4n) is 7.19. The van der Waals surface area contributed by atoms with Gasteiger partial charge in [0, 0.05) is 103 Å². The molecular formula is C57H58BCl5FN22NaO5PS6. The summed E-state index contributed by atoms with van der Waals surface area (Å²) in [6.07, 6.45) is 15.4. The Hall–Kier alpha value is -6.80. The number of nitrogens with zero attached hydrogens (tertiary/aromatic N) is 17. The summed E-state index contributed by atoms with van der Waals surface area (Å²) < 4.78 is 37.4. The SMILES string of the molecule is CN1CCN(Cc2ccnc(Nc3ncc(C#N)s3)c2)CCC1=O.CN1CCNCCC1=O.N#Cc1cnc(Cl)s1.N#Cc1cnc(Nc2cc(CCl)ccn2)s1.N#Cc1cnc(Nc2cc(CO)ccn2)s1.O=P(Cl)(Cl)Cl.[2H]CF.[3H][B]SOCc1ccnc(Nc2ncc(C#N)s2)c1.[H-].[Na+]. The topological polar surface area (TPSA) is 386 Å². The van der Waals surface area contributed by atoms with E-state index in [1.807, 2.05) is 74.8 Å². The van der Waals surface area contributed by atoms with Gasteiger partial charge in [-0.3, -0.25) is 23.4 Å². The number of carbonyl (C=O) groups excluding carboxylic acids is 2. The first-order chi connectivity index (χ1) is 48.1. The van der Waals surface area contributed by atoms with Crippen molar-refractivity contribution in [3.63, 3.8) is 0 Å². The Labute approximate surface area is 646 Å². The molecular weight excluding hydrogens is 1530 g/mol. The van der Waals surface area contributed by atoms with Gasteiger partial charge in [-0.05, 0) is 106 Å². The second-order valence-corrected chi connectivity index (χ2v) is 31.6. The van der Waals surface area contributed by atoms with E-state index in [4.69, 9.17) is 61.5 Å². The number of amides is 2. The van der Waals surface area contributed by atoms with Gasteiger partial charge in [-0.2, -0.15) is 26.3 Å². The molecule has 6 N–H and O–H groups in total. The van der Waals surface area contributed by atoms with Gasteiger partial charge in [-0.25, -0.2) is 44.9 Å². The molecule has 2 saturated heterocycles. The number of rotatable bonds is 16. The van der Waals surface area contributed by atoms with Crippen molar-refractivity contribution in [1.29, 1.82) is 27.6 Å². The van der Waals surface area contributed by atoms with Gasteiger partial charge in [0.2, 0.25) is 18.9 Å². The average molecular weight is 1590 g/mol. The van der Waals surface area contributed by atoms with Crippen LogP contribution in [-0.4, -0.2) is 145 Å². The number of carbonyl (C=O) groups is 2. The molecule has 9 aromatic heterocycles. The van der Waals surface area contributed by atoms with E-state index in [0.717, 1.165) is 87.0 Å². The van der Waals surface area contributed by atoms with Crippen LogP contribution in [0.1, 0.15) is 62.3 Å². The van der Waals surface area contributed by atoms with Crippen molar-refractivity contribution in [3.05, 3.63) is 155 Å². The molecule has 0 aliphatic carbocycles. The summed E-state index contributed by atoms with van der Waals surface area (Å²) in [4.78, 5) is 67.8. The van der Waals surface area contributed by atoms with Gasteiger partial charge >= 0.3 is 34.8 Å². The number of nitriles is 5. The largest absolute Gasteiger partial charge is 1.00 e. The Balaban J connectivity index is 0.000000416. The number of nitrogens with one attached hydrogen (secondary N) is 5. The van der Waals surface area contributed by atoms with Gasteiger partial charge in [-0.1, -0.05) is 80.2 Å². The van der Waals surface area contributed by atoms with E-state index in [-0.39, 0.29) is 49.4 Å². The fraction of sp³-hybridized carbons (Fsp3) is 0.263. The number of hydrogen-bond acceptors (Lipinski definition) is 31. The minimum Gasteiger partial charge on any atom is -1.00 e. The second-order valence-electron chi connectivity index (χ2n) is 18.6. The summed E-state index contributed by atoms with van der Waals surface area (Å²) in [7, 11) is 3.82. The normalized spacial score (nSPS) is 12.4. The van der Waals surface area contributed by atoms with Crippen molar-refractivity contribution in [2.24, 2.45) is 0 Å². The predicted octanol–water partition coefficient (Wildman–Crippen LogP) is 10.1. The summed E-state index contributed by atoms with van der Waals surface area (Å²) in [5.41, 5.74) is 3.82. The smallest absolute Gasteiger partial charge is 1.00 e. The van der Waals surface area contributed by atoms with Crippen molar-refractivity contribution in [2.45, 2.75) is 38.5 Å². The second kappa shape index (κ2) is 48.9. The minimum atomic E-state index is -3.22. The molecule has 11 heterocycles. The van der Waals surface area contributed by atoms with E-state index in [0.29, 0.717) is 98.0 Å². The van der Waals surface area contributed by atoms with E-state index >= 15 is 0 Å². The first-order valence-corrected chi connectivity index (χ1v) is 37.8. The molecule has 0 atom stereocenters. The Kier molecular flexibility index (Phi) is 40.9. The zero-order valence-corrected chi connectivity index (χ0v) is 64.0. The molecule has 0 aromatic carbocycles. The molecule has 0 unspecified atom stereocenters. The average Bonchev–Trinajstić information content (AvgIpc) is 1.93. The van der Waals surface area contributed by atoms with Crippen LogP contribution < -0.4 is 56.1 Å². The summed E-state index contributed by atoms with van der Waals surface area (Å²) >= 11 is 32.2. The van der Waals surface area contributed by atoms with Gasteiger partial charge in [0.15, 0.2) is 25.0 Å². The third-order valence-corrected chi connectivity index (χ3v) is 16.6. The van der Waals surface area contributed by atoms with E-state index in [1.165, 1.54) is 81.5 Å². The Morgan fingerprint density at radius 3 is 1.43 bits per heavy atom. The number of aliphatic hydroxyl groups is 1. The number of hydrogen-bond donors (Lipinski definition) is 6. The third kappa shape index (κ3) is 35.9. The molecule has 0 spiro atoms. The zero-order chi connectivity index (χ0) is 73.1. The molecule has 0 bridgehead atoms. The Morgan fingerprint density at radius 1 is 0.646 bits per heavy atom. The molecule has 99 heavy (non-hydrogen) atoms. The summed E-state index contributed by atoms with van der Waals surface area (Å²) in [6.45, 7) is 6.14. The number of aromatic nitrogens is 9. The van der Waals surface area contributed by atoms with Crippen molar-refractivity contribution in [1.82, 2.24) is 64.9 Å². The Morgan fingerprint density at radius 2 is 1.03 bits per heavy atom. The fourth-order valence-corrected chi connectivity index (χ4v) is 10.8. The van der Waals surface area contributed by atoms with Gasteiger partial charge in [-0.15, -0.1) is 11.6 Å². The van der Waals surface area contributed by atoms with Crippen LogP contribution in [-0.2, 0) is 44.0 Å². The van der Waals surface area contributed by atoms with E-state index < -0.39 is 12.4 Å².